The molecule has 23 heavy (non-hydrogen) atoms. The van der Waals surface area contributed by atoms with Gasteiger partial charge in [-0.1, -0.05) is 0 Å². The van der Waals surface area contributed by atoms with E-state index in [0.29, 0.717) is 18.3 Å². The standard InChI is InChI=1S/C17H15F3N2O/c18-17(19,20)12-5-6-13(22-8-12)16(9-21)14(23)7-15(16,10-1-2-10)11-3-4-11/h5-6,8,10-11H,1-4,7H2/t16-/m0/s1. The van der Waals surface area contributed by atoms with Gasteiger partial charge >= 0.3 is 6.18 Å². The van der Waals surface area contributed by atoms with Crippen molar-refractivity contribution in [3.05, 3.63) is 29.6 Å². The van der Waals surface area contributed by atoms with E-state index in [-0.39, 0.29) is 11.5 Å². The quantitative estimate of drug-likeness (QED) is 0.854. The lowest BCUT2D eigenvalue weighted by molar-refractivity contribution is -0.148. The number of hydrogen-bond donors (Lipinski definition) is 0. The van der Waals surface area contributed by atoms with Crippen LogP contribution in [0.15, 0.2) is 18.3 Å². The second-order valence-corrected chi connectivity index (χ2v) is 6.98. The molecule has 0 N–H and O–H groups in total. The van der Waals surface area contributed by atoms with Crippen molar-refractivity contribution in [2.75, 3.05) is 0 Å². The molecule has 3 saturated carbocycles. The van der Waals surface area contributed by atoms with Gasteiger partial charge in [-0.25, -0.2) is 0 Å². The summed E-state index contributed by atoms with van der Waals surface area (Å²) in [6.07, 6.45) is 0.617. The van der Waals surface area contributed by atoms with E-state index in [2.05, 4.69) is 11.1 Å². The van der Waals surface area contributed by atoms with E-state index in [1.165, 1.54) is 6.07 Å². The molecule has 3 aliphatic rings. The van der Waals surface area contributed by atoms with Crippen molar-refractivity contribution >= 4 is 5.78 Å². The summed E-state index contributed by atoms with van der Waals surface area (Å²) in [5, 5.41) is 9.85. The van der Waals surface area contributed by atoms with Gasteiger partial charge in [-0.05, 0) is 49.7 Å². The van der Waals surface area contributed by atoms with Crippen molar-refractivity contribution in [3.8, 4) is 6.07 Å². The summed E-state index contributed by atoms with van der Waals surface area (Å²) >= 11 is 0. The zero-order valence-corrected chi connectivity index (χ0v) is 12.4. The topological polar surface area (TPSA) is 53.8 Å². The predicted octanol–water partition coefficient (Wildman–Crippen LogP) is 3.64. The molecule has 1 aromatic heterocycles. The third-order valence-corrected chi connectivity index (χ3v) is 5.82. The van der Waals surface area contributed by atoms with Crippen LogP contribution < -0.4 is 0 Å². The highest BCUT2D eigenvalue weighted by atomic mass is 19.4. The molecule has 0 unspecified atom stereocenters. The highest BCUT2D eigenvalue weighted by molar-refractivity contribution is 6.01. The number of pyridine rings is 1. The van der Waals surface area contributed by atoms with Crippen LogP contribution in [-0.4, -0.2) is 10.8 Å². The van der Waals surface area contributed by atoms with Crippen molar-refractivity contribution < 1.29 is 18.0 Å². The van der Waals surface area contributed by atoms with E-state index in [9.17, 15) is 23.2 Å². The maximum atomic E-state index is 12.7. The molecule has 1 aromatic rings. The number of carbonyl (C=O) groups excluding carboxylic acids is 1. The smallest absolute Gasteiger partial charge is 0.297 e. The van der Waals surface area contributed by atoms with Crippen LogP contribution in [0.4, 0.5) is 13.2 Å². The molecule has 0 amide bonds. The Labute approximate surface area is 131 Å². The van der Waals surface area contributed by atoms with Crippen LogP contribution in [0.5, 0.6) is 0 Å². The van der Waals surface area contributed by atoms with E-state index in [1.807, 2.05) is 0 Å². The Kier molecular flexibility index (Phi) is 2.77. The minimum atomic E-state index is -4.47. The molecule has 0 bridgehead atoms. The van der Waals surface area contributed by atoms with Gasteiger partial charge in [-0.3, -0.25) is 9.78 Å². The highest BCUT2D eigenvalue weighted by Crippen LogP contribution is 2.73. The summed E-state index contributed by atoms with van der Waals surface area (Å²) in [5.74, 6) is 0.471. The Bertz CT molecular complexity index is 699. The number of rotatable bonds is 3. The van der Waals surface area contributed by atoms with Crippen molar-refractivity contribution in [1.82, 2.24) is 4.98 Å². The molecular formula is C17H15F3N2O. The molecule has 0 aliphatic heterocycles. The van der Waals surface area contributed by atoms with Crippen LogP contribution in [0.25, 0.3) is 0 Å². The summed E-state index contributed by atoms with van der Waals surface area (Å²) in [6, 6.07) is 4.33. The van der Waals surface area contributed by atoms with Crippen LogP contribution in [0.1, 0.15) is 43.4 Å². The van der Waals surface area contributed by atoms with E-state index in [1.54, 1.807) is 0 Å². The summed E-state index contributed by atoms with van der Waals surface area (Å²) in [4.78, 5) is 16.4. The van der Waals surface area contributed by atoms with Crippen molar-refractivity contribution in [3.63, 3.8) is 0 Å². The monoisotopic (exact) mass is 320 g/mol. The summed E-state index contributed by atoms with van der Waals surface area (Å²) in [6.45, 7) is 0. The Balaban J connectivity index is 1.80. The van der Waals surface area contributed by atoms with Crippen molar-refractivity contribution in [1.29, 1.82) is 5.26 Å². The molecule has 4 rings (SSSR count). The average molecular weight is 320 g/mol. The molecule has 0 radical (unpaired) electrons. The molecule has 0 spiro atoms. The van der Waals surface area contributed by atoms with Gasteiger partial charge in [0.05, 0.1) is 17.3 Å². The Morgan fingerprint density at radius 1 is 1.17 bits per heavy atom. The van der Waals surface area contributed by atoms with Gasteiger partial charge in [-0.2, -0.15) is 18.4 Å². The van der Waals surface area contributed by atoms with Crippen LogP contribution in [-0.2, 0) is 16.4 Å². The lowest BCUT2D eigenvalue weighted by atomic mass is 9.43. The number of nitrogens with zero attached hydrogens (tertiary/aromatic N) is 2. The molecule has 120 valence electrons. The maximum Gasteiger partial charge on any atom is 0.417 e. The summed E-state index contributed by atoms with van der Waals surface area (Å²) in [7, 11) is 0. The van der Waals surface area contributed by atoms with E-state index >= 15 is 0 Å². The van der Waals surface area contributed by atoms with Gasteiger partial charge in [0.1, 0.15) is 0 Å². The maximum absolute atomic E-state index is 12.7. The first-order chi connectivity index (χ1) is 10.9. The van der Waals surface area contributed by atoms with E-state index in [0.717, 1.165) is 37.9 Å². The van der Waals surface area contributed by atoms with Gasteiger partial charge in [0.25, 0.3) is 0 Å². The van der Waals surface area contributed by atoms with Gasteiger partial charge in [0, 0.05) is 18.0 Å². The third-order valence-electron chi connectivity index (χ3n) is 5.82. The second-order valence-electron chi connectivity index (χ2n) is 6.98. The SMILES string of the molecule is N#C[C@]1(c2ccc(C(F)(F)F)cn2)C(=O)CC1(C1CC1)C1CC1. The Hall–Kier alpha value is -1.90. The summed E-state index contributed by atoms with van der Waals surface area (Å²) in [5.41, 5.74) is -2.40. The lowest BCUT2D eigenvalue weighted by Gasteiger charge is -2.54. The zero-order valence-electron chi connectivity index (χ0n) is 12.4. The first kappa shape index (κ1) is 14.7. The van der Waals surface area contributed by atoms with Gasteiger partial charge in [0.15, 0.2) is 11.2 Å². The number of hydrogen-bond acceptors (Lipinski definition) is 3. The number of nitriles is 1. The van der Waals surface area contributed by atoms with Crippen LogP contribution in [0.3, 0.4) is 0 Å². The Morgan fingerprint density at radius 2 is 1.78 bits per heavy atom. The molecule has 3 nitrogen and oxygen atoms in total. The largest absolute Gasteiger partial charge is 0.417 e. The van der Waals surface area contributed by atoms with Crippen LogP contribution in [0.2, 0.25) is 0 Å². The van der Waals surface area contributed by atoms with Gasteiger partial charge in [-0.15, -0.1) is 0 Å². The predicted molar refractivity (Wildman–Crippen MR) is 74.0 cm³/mol. The molecule has 6 heteroatoms. The van der Waals surface area contributed by atoms with Crippen molar-refractivity contribution in [2.45, 2.75) is 43.7 Å². The number of carbonyl (C=O) groups is 1. The van der Waals surface area contributed by atoms with Crippen LogP contribution >= 0.6 is 0 Å². The van der Waals surface area contributed by atoms with Gasteiger partial charge < -0.3 is 0 Å². The number of halogens is 3. The molecule has 3 fully saturated rings. The molecular weight excluding hydrogens is 305 g/mol. The zero-order chi connectivity index (χ0) is 16.5. The normalized spacial score (nSPS) is 29.7. The Morgan fingerprint density at radius 3 is 2.13 bits per heavy atom. The first-order valence-corrected chi connectivity index (χ1v) is 7.84. The highest BCUT2D eigenvalue weighted by Gasteiger charge is 2.76. The number of aromatic nitrogens is 1. The molecule has 1 heterocycles. The van der Waals surface area contributed by atoms with Crippen LogP contribution in [0, 0.1) is 28.6 Å². The lowest BCUT2D eigenvalue weighted by Crippen LogP contribution is -2.64. The number of Topliss-reactive ketones (excluding diaryl/α,β-unsaturated/α-hetero) is 1. The van der Waals surface area contributed by atoms with Crippen molar-refractivity contribution in [2.24, 2.45) is 17.3 Å². The third kappa shape index (κ3) is 1.76. The fourth-order valence-electron chi connectivity index (χ4n) is 4.50. The molecule has 3 aliphatic carbocycles. The minimum Gasteiger partial charge on any atom is -0.297 e. The first-order valence-electron chi connectivity index (χ1n) is 7.84. The summed E-state index contributed by atoms with van der Waals surface area (Å²) < 4.78 is 38.2. The molecule has 0 saturated heterocycles. The van der Waals surface area contributed by atoms with E-state index < -0.39 is 22.6 Å². The fraction of sp³-hybridized carbons (Fsp3) is 0.588. The van der Waals surface area contributed by atoms with Gasteiger partial charge in [0.2, 0.25) is 0 Å². The fourth-order valence-corrected chi connectivity index (χ4v) is 4.50. The number of ketones is 1. The van der Waals surface area contributed by atoms with E-state index in [4.69, 9.17) is 0 Å². The second kappa shape index (κ2) is 4.34. The molecule has 1 atom stereocenters. The molecule has 0 aromatic carbocycles. The minimum absolute atomic E-state index is 0.189. The average Bonchev–Trinajstić information content (AvgIpc) is 3.38. The number of alkyl halides is 3.